The van der Waals surface area contributed by atoms with E-state index in [-0.39, 0.29) is 23.1 Å². The summed E-state index contributed by atoms with van der Waals surface area (Å²) >= 11 is 1.20. The number of carbonyl (C=O) groups excluding carboxylic acids is 1. The number of hydrogen-bond donors (Lipinski definition) is 2. The normalized spacial score (nSPS) is 11.3. The number of hydrogen-bond acceptors (Lipinski definition) is 7. The fourth-order valence-electron chi connectivity index (χ4n) is 2.25. The van der Waals surface area contributed by atoms with Gasteiger partial charge in [-0.15, -0.1) is 5.10 Å². The molecular formula is C17H18N6O3S2. The highest BCUT2D eigenvalue weighted by Crippen LogP contribution is 2.16. The number of tetrazole rings is 1. The standard InChI is InChI=1S/C17H18N6O3S2/c1-23-17(20-21-22-23)27-12-16(24)19-14-7-9-15(10-8-14)28(25,26)18-11-13-5-3-2-4-6-13/h2-10,18H,11-12H2,1H3,(H,19,24). The fourth-order valence-corrected chi connectivity index (χ4v) is 3.91. The highest BCUT2D eigenvalue weighted by atomic mass is 32.2. The van der Waals surface area contributed by atoms with Crippen molar-refractivity contribution in [2.24, 2.45) is 7.05 Å². The Hall–Kier alpha value is -2.76. The first-order valence-electron chi connectivity index (χ1n) is 8.23. The van der Waals surface area contributed by atoms with Crippen molar-refractivity contribution in [1.82, 2.24) is 24.9 Å². The average molecular weight is 419 g/mol. The summed E-state index contributed by atoms with van der Waals surface area (Å²) in [6.07, 6.45) is 0. The Morgan fingerprint density at radius 1 is 1.11 bits per heavy atom. The molecule has 0 radical (unpaired) electrons. The second-order valence-corrected chi connectivity index (χ2v) is 8.47. The smallest absolute Gasteiger partial charge is 0.240 e. The lowest BCUT2D eigenvalue weighted by Crippen LogP contribution is -2.23. The van der Waals surface area contributed by atoms with Gasteiger partial charge in [0.25, 0.3) is 0 Å². The van der Waals surface area contributed by atoms with Crippen molar-refractivity contribution in [2.45, 2.75) is 16.6 Å². The number of aromatic nitrogens is 4. The SMILES string of the molecule is Cn1nnnc1SCC(=O)Nc1ccc(S(=O)(=O)NCc2ccccc2)cc1. The van der Waals surface area contributed by atoms with Gasteiger partial charge in [0.1, 0.15) is 0 Å². The van der Waals surface area contributed by atoms with Gasteiger partial charge in [0, 0.05) is 19.3 Å². The van der Waals surface area contributed by atoms with E-state index in [0.29, 0.717) is 10.8 Å². The van der Waals surface area contributed by atoms with Gasteiger partial charge in [0.15, 0.2) is 0 Å². The van der Waals surface area contributed by atoms with Crippen LogP contribution in [-0.2, 0) is 28.4 Å². The number of carbonyl (C=O) groups is 1. The average Bonchev–Trinajstić information content (AvgIpc) is 3.11. The monoisotopic (exact) mass is 418 g/mol. The van der Waals surface area contributed by atoms with E-state index < -0.39 is 10.0 Å². The summed E-state index contributed by atoms with van der Waals surface area (Å²) in [5.74, 6) is -0.113. The Morgan fingerprint density at radius 2 is 1.82 bits per heavy atom. The molecule has 0 aliphatic carbocycles. The summed E-state index contributed by atoms with van der Waals surface area (Å²) in [6.45, 7) is 0.204. The number of amides is 1. The molecule has 0 unspecified atom stereocenters. The molecular weight excluding hydrogens is 400 g/mol. The summed E-state index contributed by atoms with van der Waals surface area (Å²) in [6, 6.07) is 15.2. The van der Waals surface area contributed by atoms with E-state index in [0.717, 1.165) is 5.56 Å². The second-order valence-electron chi connectivity index (χ2n) is 5.76. The van der Waals surface area contributed by atoms with Gasteiger partial charge in [-0.25, -0.2) is 17.8 Å². The first kappa shape index (κ1) is 20.0. The Labute approximate surface area is 166 Å². The largest absolute Gasteiger partial charge is 0.325 e. The molecule has 3 rings (SSSR count). The minimum atomic E-state index is -3.64. The van der Waals surface area contributed by atoms with Crippen LogP contribution in [0.5, 0.6) is 0 Å². The molecule has 0 fully saturated rings. The Morgan fingerprint density at radius 3 is 2.46 bits per heavy atom. The van der Waals surface area contributed by atoms with Crippen LogP contribution in [0.1, 0.15) is 5.56 Å². The number of nitrogens with one attached hydrogen (secondary N) is 2. The molecule has 0 aliphatic rings. The van der Waals surface area contributed by atoms with Crippen LogP contribution in [0.3, 0.4) is 0 Å². The molecule has 0 saturated carbocycles. The number of benzene rings is 2. The van der Waals surface area contributed by atoms with E-state index in [1.807, 2.05) is 30.3 Å². The summed E-state index contributed by atoms with van der Waals surface area (Å²) in [4.78, 5) is 12.1. The number of sulfonamides is 1. The Kier molecular flexibility index (Phi) is 6.39. The first-order chi connectivity index (χ1) is 13.4. The maximum Gasteiger partial charge on any atom is 0.240 e. The van der Waals surface area contributed by atoms with Gasteiger partial charge in [-0.05, 0) is 40.3 Å². The van der Waals surface area contributed by atoms with Gasteiger partial charge in [-0.2, -0.15) is 0 Å². The Bertz CT molecular complexity index is 1040. The Balaban J connectivity index is 1.55. The lowest BCUT2D eigenvalue weighted by atomic mass is 10.2. The predicted molar refractivity (Wildman–Crippen MR) is 105 cm³/mol. The molecule has 1 amide bonds. The number of thioether (sulfide) groups is 1. The van der Waals surface area contributed by atoms with E-state index in [2.05, 4.69) is 25.6 Å². The molecule has 11 heteroatoms. The lowest BCUT2D eigenvalue weighted by molar-refractivity contribution is -0.113. The van der Waals surface area contributed by atoms with Crippen LogP contribution in [0.2, 0.25) is 0 Å². The van der Waals surface area contributed by atoms with Crippen molar-refractivity contribution in [1.29, 1.82) is 0 Å². The maximum absolute atomic E-state index is 12.4. The fraction of sp³-hybridized carbons (Fsp3) is 0.176. The molecule has 146 valence electrons. The van der Waals surface area contributed by atoms with Gasteiger partial charge >= 0.3 is 0 Å². The molecule has 0 atom stereocenters. The number of anilines is 1. The zero-order valence-corrected chi connectivity index (χ0v) is 16.6. The van der Waals surface area contributed by atoms with Gasteiger partial charge < -0.3 is 5.32 Å². The molecule has 1 heterocycles. The topological polar surface area (TPSA) is 119 Å². The van der Waals surface area contributed by atoms with Crippen LogP contribution in [0.15, 0.2) is 64.6 Å². The minimum absolute atomic E-state index is 0.126. The zero-order chi connectivity index (χ0) is 20.0. The van der Waals surface area contributed by atoms with Crippen LogP contribution in [0.4, 0.5) is 5.69 Å². The van der Waals surface area contributed by atoms with E-state index in [1.54, 1.807) is 19.2 Å². The number of nitrogens with zero attached hydrogens (tertiary/aromatic N) is 4. The zero-order valence-electron chi connectivity index (χ0n) is 14.9. The third kappa shape index (κ3) is 5.38. The molecule has 0 spiro atoms. The van der Waals surface area contributed by atoms with Crippen molar-refractivity contribution < 1.29 is 13.2 Å². The summed E-state index contributed by atoms with van der Waals surface area (Å²) in [5.41, 5.74) is 1.37. The summed E-state index contributed by atoms with van der Waals surface area (Å²) < 4.78 is 28.8. The molecule has 0 saturated heterocycles. The summed E-state index contributed by atoms with van der Waals surface area (Å²) in [5, 5.41) is 14.2. The van der Waals surface area contributed by atoms with Crippen molar-refractivity contribution >= 4 is 33.4 Å². The van der Waals surface area contributed by atoms with Crippen LogP contribution in [0.25, 0.3) is 0 Å². The van der Waals surface area contributed by atoms with E-state index >= 15 is 0 Å². The molecule has 2 aromatic carbocycles. The number of rotatable bonds is 8. The van der Waals surface area contributed by atoms with Gasteiger partial charge in [-0.1, -0.05) is 42.1 Å². The molecule has 0 bridgehead atoms. The van der Waals surface area contributed by atoms with E-state index in [9.17, 15) is 13.2 Å². The molecule has 1 aromatic heterocycles. The minimum Gasteiger partial charge on any atom is -0.325 e. The van der Waals surface area contributed by atoms with Crippen molar-refractivity contribution in [3.8, 4) is 0 Å². The van der Waals surface area contributed by atoms with Crippen molar-refractivity contribution in [2.75, 3.05) is 11.1 Å². The highest BCUT2D eigenvalue weighted by molar-refractivity contribution is 7.99. The second kappa shape index (κ2) is 8.95. The number of aryl methyl sites for hydroxylation is 1. The molecule has 9 nitrogen and oxygen atoms in total. The molecule has 0 aliphatic heterocycles. The van der Waals surface area contributed by atoms with Crippen molar-refractivity contribution in [3.63, 3.8) is 0 Å². The first-order valence-corrected chi connectivity index (χ1v) is 10.7. The van der Waals surface area contributed by atoms with E-state index in [1.165, 1.54) is 28.6 Å². The van der Waals surface area contributed by atoms with Crippen LogP contribution < -0.4 is 10.0 Å². The highest BCUT2D eigenvalue weighted by Gasteiger charge is 2.14. The third-order valence-electron chi connectivity index (χ3n) is 3.67. The van der Waals surface area contributed by atoms with Crippen LogP contribution >= 0.6 is 11.8 Å². The van der Waals surface area contributed by atoms with Crippen LogP contribution in [-0.4, -0.2) is 40.3 Å². The van der Waals surface area contributed by atoms with Gasteiger partial charge in [0.2, 0.25) is 21.1 Å². The third-order valence-corrected chi connectivity index (χ3v) is 6.10. The summed E-state index contributed by atoms with van der Waals surface area (Å²) in [7, 11) is -1.95. The lowest BCUT2D eigenvalue weighted by Gasteiger charge is -2.09. The predicted octanol–water partition coefficient (Wildman–Crippen LogP) is 1.42. The van der Waals surface area contributed by atoms with Crippen molar-refractivity contribution in [3.05, 3.63) is 60.2 Å². The maximum atomic E-state index is 12.4. The van der Waals surface area contributed by atoms with E-state index in [4.69, 9.17) is 0 Å². The molecule has 28 heavy (non-hydrogen) atoms. The molecule has 3 aromatic rings. The molecule has 2 N–H and O–H groups in total. The quantitative estimate of drug-likeness (QED) is 0.531. The van der Waals surface area contributed by atoms with Gasteiger partial charge in [-0.3, -0.25) is 4.79 Å². The van der Waals surface area contributed by atoms with Gasteiger partial charge in [0.05, 0.1) is 10.6 Å². The van der Waals surface area contributed by atoms with Crippen LogP contribution in [0, 0.1) is 0 Å².